The molecule has 3 rings (SSSR count). The van der Waals surface area contributed by atoms with Crippen LogP contribution in [0.3, 0.4) is 0 Å². The summed E-state index contributed by atoms with van der Waals surface area (Å²) in [6, 6.07) is 4.97. The highest BCUT2D eigenvalue weighted by Gasteiger charge is 2.37. The third-order valence-corrected chi connectivity index (χ3v) is 4.12. The van der Waals surface area contributed by atoms with Gasteiger partial charge in [-0.15, -0.1) is 0 Å². The van der Waals surface area contributed by atoms with E-state index in [2.05, 4.69) is 0 Å². The molecule has 5 heteroatoms. The molecule has 106 valence electrons. The van der Waals surface area contributed by atoms with Gasteiger partial charge in [0, 0.05) is 18.8 Å². The number of fused-ring (bicyclic) bond motifs is 1. The second-order valence-corrected chi connectivity index (χ2v) is 5.45. The minimum atomic E-state index is -0.974. The maximum absolute atomic E-state index is 12.6. The molecule has 0 aromatic heterocycles. The lowest BCUT2D eigenvalue weighted by atomic mass is 10.0. The molecule has 2 unspecified atom stereocenters. The van der Waals surface area contributed by atoms with Gasteiger partial charge in [-0.2, -0.15) is 0 Å². The van der Waals surface area contributed by atoms with Gasteiger partial charge in [-0.3, -0.25) is 4.79 Å². The molecule has 0 spiro atoms. The average molecular weight is 275 g/mol. The first kappa shape index (κ1) is 13.1. The van der Waals surface area contributed by atoms with Crippen molar-refractivity contribution in [1.82, 2.24) is 0 Å². The van der Waals surface area contributed by atoms with Crippen LogP contribution in [0.1, 0.15) is 29.3 Å². The van der Waals surface area contributed by atoms with Crippen molar-refractivity contribution in [3.05, 3.63) is 29.3 Å². The largest absolute Gasteiger partial charge is 0.478 e. The van der Waals surface area contributed by atoms with Crippen LogP contribution < -0.4 is 4.90 Å². The summed E-state index contributed by atoms with van der Waals surface area (Å²) in [7, 11) is 0. The zero-order chi connectivity index (χ0) is 14.3. The molecule has 20 heavy (non-hydrogen) atoms. The van der Waals surface area contributed by atoms with Gasteiger partial charge in [0.2, 0.25) is 0 Å². The summed E-state index contributed by atoms with van der Waals surface area (Å²) < 4.78 is 5.52. The molecule has 2 heterocycles. The van der Waals surface area contributed by atoms with Gasteiger partial charge in [-0.25, -0.2) is 4.79 Å². The highest BCUT2D eigenvalue weighted by Crippen LogP contribution is 2.32. The van der Waals surface area contributed by atoms with Gasteiger partial charge in [0.15, 0.2) is 0 Å². The van der Waals surface area contributed by atoms with Crippen LogP contribution >= 0.6 is 0 Å². The maximum atomic E-state index is 12.6. The number of rotatable bonds is 2. The molecule has 1 saturated heterocycles. The molecule has 0 saturated carbocycles. The van der Waals surface area contributed by atoms with Crippen LogP contribution in [0.15, 0.2) is 18.2 Å². The fraction of sp³-hybridized carbons (Fsp3) is 0.467. The molecule has 5 nitrogen and oxygen atoms in total. The van der Waals surface area contributed by atoms with Gasteiger partial charge in [-0.1, -0.05) is 13.0 Å². The van der Waals surface area contributed by atoms with Crippen LogP contribution in [0.5, 0.6) is 0 Å². The van der Waals surface area contributed by atoms with Crippen molar-refractivity contribution in [2.75, 3.05) is 18.1 Å². The molecule has 0 radical (unpaired) electrons. The molecule has 1 aromatic carbocycles. The third-order valence-electron chi connectivity index (χ3n) is 4.12. The summed E-state index contributed by atoms with van der Waals surface area (Å²) in [6.07, 6.45) is 1.27. The van der Waals surface area contributed by atoms with Crippen molar-refractivity contribution in [2.45, 2.75) is 25.9 Å². The van der Waals surface area contributed by atoms with Crippen LogP contribution in [0.2, 0.25) is 0 Å². The molecular weight excluding hydrogens is 258 g/mol. The van der Waals surface area contributed by atoms with Gasteiger partial charge in [0.25, 0.3) is 5.91 Å². The van der Waals surface area contributed by atoms with Crippen LogP contribution in [-0.2, 0) is 16.0 Å². The van der Waals surface area contributed by atoms with E-state index in [1.165, 1.54) is 0 Å². The number of carbonyl (C=O) groups excluding carboxylic acids is 1. The lowest BCUT2D eigenvalue weighted by Gasteiger charge is -2.23. The first-order chi connectivity index (χ1) is 9.58. The number of benzene rings is 1. The number of hydrogen-bond acceptors (Lipinski definition) is 3. The first-order valence-electron chi connectivity index (χ1n) is 6.87. The predicted octanol–water partition coefficient (Wildman–Crippen LogP) is 1.70. The van der Waals surface area contributed by atoms with Gasteiger partial charge in [-0.05, 0) is 36.5 Å². The lowest BCUT2D eigenvalue weighted by Crippen LogP contribution is -2.40. The maximum Gasteiger partial charge on any atom is 0.335 e. The fourth-order valence-corrected chi connectivity index (χ4v) is 2.91. The number of aromatic carboxylic acids is 1. The number of ether oxygens (including phenoxy) is 1. The minimum absolute atomic E-state index is 0.0451. The normalized spacial score (nSPS) is 24.8. The second-order valence-electron chi connectivity index (χ2n) is 5.45. The van der Waals surface area contributed by atoms with Gasteiger partial charge in [0.1, 0.15) is 6.10 Å². The standard InChI is InChI=1S/C15H17NO4/c1-9-5-7-20-13(9)14(17)16-6-4-10-2-3-11(15(18)19)8-12(10)16/h2-3,8-9,13H,4-7H2,1H3,(H,18,19). The van der Waals surface area contributed by atoms with E-state index >= 15 is 0 Å². The number of carbonyl (C=O) groups is 2. The highest BCUT2D eigenvalue weighted by molar-refractivity contribution is 6.00. The van der Waals surface area contributed by atoms with E-state index in [0.29, 0.717) is 13.2 Å². The van der Waals surface area contributed by atoms with E-state index in [9.17, 15) is 9.59 Å². The fourth-order valence-electron chi connectivity index (χ4n) is 2.91. The molecule has 1 amide bonds. The van der Waals surface area contributed by atoms with Crippen molar-refractivity contribution in [1.29, 1.82) is 0 Å². The van der Waals surface area contributed by atoms with E-state index < -0.39 is 12.1 Å². The van der Waals surface area contributed by atoms with E-state index in [1.54, 1.807) is 23.1 Å². The lowest BCUT2D eigenvalue weighted by molar-refractivity contribution is -0.128. The zero-order valence-corrected chi connectivity index (χ0v) is 11.3. The second kappa shape index (κ2) is 4.90. The molecule has 2 aliphatic heterocycles. The van der Waals surface area contributed by atoms with Gasteiger partial charge in [0.05, 0.1) is 5.56 Å². The quantitative estimate of drug-likeness (QED) is 0.892. The Kier molecular flexibility index (Phi) is 3.22. The number of amides is 1. The zero-order valence-electron chi connectivity index (χ0n) is 11.3. The highest BCUT2D eigenvalue weighted by atomic mass is 16.5. The molecule has 0 aliphatic carbocycles. The van der Waals surface area contributed by atoms with Gasteiger partial charge < -0.3 is 14.7 Å². The summed E-state index contributed by atoms with van der Waals surface area (Å²) in [5.74, 6) is -0.803. The Morgan fingerprint density at radius 3 is 2.85 bits per heavy atom. The minimum Gasteiger partial charge on any atom is -0.478 e. The Morgan fingerprint density at radius 1 is 1.40 bits per heavy atom. The van der Waals surface area contributed by atoms with Gasteiger partial charge >= 0.3 is 5.97 Å². The predicted molar refractivity (Wildman–Crippen MR) is 73.0 cm³/mol. The van der Waals surface area contributed by atoms with Crippen molar-refractivity contribution in [3.63, 3.8) is 0 Å². The van der Waals surface area contributed by atoms with Crippen LogP contribution in [-0.4, -0.2) is 36.2 Å². The third kappa shape index (κ3) is 2.08. The van der Waals surface area contributed by atoms with E-state index in [1.807, 2.05) is 6.92 Å². The summed E-state index contributed by atoms with van der Waals surface area (Å²) in [5, 5.41) is 9.07. The van der Waals surface area contributed by atoms with Crippen LogP contribution in [0, 0.1) is 5.92 Å². The summed E-state index contributed by atoms with van der Waals surface area (Å²) in [6.45, 7) is 3.23. The summed E-state index contributed by atoms with van der Waals surface area (Å²) in [5.41, 5.74) is 1.95. The Balaban J connectivity index is 1.90. The Hall–Kier alpha value is -1.88. The topological polar surface area (TPSA) is 66.8 Å². The van der Waals surface area contributed by atoms with Crippen molar-refractivity contribution >= 4 is 17.6 Å². The van der Waals surface area contributed by atoms with E-state index in [0.717, 1.165) is 24.1 Å². The number of carboxylic acids is 1. The molecule has 0 bridgehead atoms. The van der Waals surface area contributed by atoms with E-state index in [-0.39, 0.29) is 17.4 Å². The monoisotopic (exact) mass is 275 g/mol. The average Bonchev–Trinajstić information content (AvgIpc) is 3.03. The Bertz CT molecular complexity index is 569. The van der Waals surface area contributed by atoms with Crippen LogP contribution in [0.4, 0.5) is 5.69 Å². The molecular formula is C15H17NO4. The molecule has 2 aliphatic rings. The number of anilines is 1. The summed E-state index contributed by atoms with van der Waals surface area (Å²) in [4.78, 5) is 25.3. The molecule has 2 atom stereocenters. The van der Waals surface area contributed by atoms with Crippen molar-refractivity contribution < 1.29 is 19.4 Å². The number of carboxylic acid groups (broad SMARTS) is 1. The first-order valence-corrected chi connectivity index (χ1v) is 6.87. The Morgan fingerprint density at radius 2 is 2.20 bits per heavy atom. The molecule has 1 aromatic rings. The van der Waals surface area contributed by atoms with Crippen LogP contribution in [0.25, 0.3) is 0 Å². The van der Waals surface area contributed by atoms with Crippen molar-refractivity contribution in [3.8, 4) is 0 Å². The Labute approximate surface area is 117 Å². The summed E-state index contributed by atoms with van der Waals surface area (Å²) >= 11 is 0. The molecule has 1 N–H and O–H groups in total. The number of hydrogen-bond donors (Lipinski definition) is 1. The number of nitrogens with zero attached hydrogens (tertiary/aromatic N) is 1. The van der Waals surface area contributed by atoms with Crippen molar-refractivity contribution in [2.24, 2.45) is 5.92 Å². The SMILES string of the molecule is CC1CCOC1C(=O)N1CCc2ccc(C(=O)O)cc21. The molecule has 1 fully saturated rings. The smallest absolute Gasteiger partial charge is 0.335 e. The van der Waals surface area contributed by atoms with E-state index in [4.69, 9.17) is 9.84 Å².